The Bertz CT molecular complexity index is 722. The van der Waals surface area contributed by atoms with Gasteiger partial charge in [-0.3, -0.25) is 14.5 Å². The highest BCUT2D eigenvalue weighted by atomic mass is 32.1. The summed E-state index contributed by atoms with van der Waals surface area (Å²) in [5.74, 6) is -1.16. The summed E-state index contributed by atoms with van der Waals surface area (Å²) in [6.07, 6.45) is 2.37. The fourth-order valence-electron chi connectivity index (χ4n) is 3.21. The van der Waals surface area contributed by atoms with E-state index in [-0.39, 0.29) is 6.04 Å². The topological polar surface area (TPSA) is 61.4 Å². The van der Waals surface area contributed by atoms with E-state index >= 15 is 0 Å². The van der Waals surface area contributed by atoms with Crippen LogP contribution >= 0.6 is 11.3 Å². The van der Waals surface area contributed by atoms with Crippen LogP contribution in [0.15, 0.2) is 41.1 Å². The second kappa shape index (κ2) is 8.96. The molecule has 2 heterocycles. The van der Waals surface area contributed by atoms with Crippen LogP contribution in [-0.4, -0.2) is 36.3 Å². The SMILES string of the molecule is Cc1ccc(CNC(=O)C(=O)NCC(c2ccsc2)N2CCCC2)cc1. The average molecular weight is 372 g/mol. The molecule has 2 aromatic rings. The predicted octanol–water partition coefficient (Wildman–Crippen LogP) is 2.63. The second-order valence-electron chi connectivity index (χ2n) is 6.69. The van der Waals surface area contributed by atoms with Crippen molar-refractivity contribution >= 4 is 23.2 Å². The van der Waals surface area contributed by atoms with Gasteiger partial charge in [-0.25, -0.2) is 0 Å². The highest BCUT2D eigenvalue weighted by Gasteiger charge is 2.25. The Kier molecular flexibility index (Phi) is 6.41. The van der Waals surface area contributed by atoms with Crippen molar-refractivity contribution in [1.29, 1.82) is 0 Å². The summed E-state index contributed by atoms with van der Waals surface area (Å²) in [4.78, 5) is 26.6. The van der Waals surface area contributed by atoms with Crippen LogP contribution < -0.4 is 10.6 Å². The quantitative estimate of drug-likeness (QED) is 0.768. The maximum Gasteiger partial charge on any atom is 0.309 e. The number of carbonyl (C=O) groups is 2. The molecule has 1 aromatic heterocycles. The molecule has 0 aliphatic carbocycles. The normalized spacial score (nSPS) is 15.6. The molecule has 0 radical (unpaired) electrons. The third kappa shape index (κ3) is 4.93. The Balaban J connectivity index is 1.51. The number of thiophene rings is 1. The molecule has 6 heteroatoms. The van der Waals surface area contributed by atoms with Gasteiger partial charge in [0.25, 0.3) is 0 Å². The summed E-state index contributed by atoms with van der Waals surface area (Å²) in [5.41, 5.74) is 3.35. The first-order valence-electron chi connectivity index (χ1n) is 9.01. The number of carbonyl (C=O) groups excluding carboxylic acids is 2. The standard InChI is InChI=1S/C20H25N3O2S/c1-15-4-6-16(7-5-15)12-21-19(24)20(25)22-13-18(17-8-11-26-14-17)23-9-2-3-10-23/h4-8,11,14,18H,2-3,9-10,12-13H2,1H3,(H,21,24)(H,22,25). The zero-order valence-corrected chi connectivity index (χ0v) is 15.8. The van der Waals surface area contributed by atoms with Crippen LogP contribution in [0.5, 0.6) is 0 Å². The number of aryl methyl sites for hydroxylation is 1. The Morgan fingerprint density at radius 2 is 1.77 bits per heavy atom. The smallest absolute Gasteiger partial charge is 0.309 e. The van der Waals surface area contributed by atoms with Gasteiger partial charge in [-0.1, -0.05) is 29.8 Å². The van der Waals surface area contributed by atoms with E-state index in [1.807, 2.05) is 31.2 Å². The first-order chi connectivity index (χ1) is 12.6. The number of benzene rings is 1. The molecule has 138 valence electrons. The highest BCUT2D eigenvalue weighted by molar-refractivity contribution is 7.07. The monoisotopic (exact) mass is 371 g/mol. The lowest BCUT2D eigenvalue weighted by Gasteiger charge is -2.27. The maximum absolute atomic E-state index is 12.2. The van der Waals surface area contributed by atoms with E-state index in [0.29, 0.717) is 13.1 Å². The number of hydrogen-bond donors (Lipinski definition) is 2. The van der Waals surface area contributed by atoms with Crippen LogP contribution in [0.2, 0.25) is 0 Å². The third-order valence-electron chi connectivity index (χ3n) is 4.75. The van der Waals surface area contributed by atoms with E-state index in [0.717, 1.165) is 18.7 Å². The van der Waals surface area contributed by atoms with Crippen LogP contribution in [0.1, 0.15) is 35.6 Å². The summed E-state index contributed by atoms with van der Waals surface area (Å²) in [6, 6.07) is 10.1. The summed E-state index contributed by atoms with van der Waals surface area (Å²) in [5, 5.41) is 9.66. The Morgan fingerprint density at radius 3 is 2.42 bits per heavy atom. The Hall–Kier alpha value is -2.18. The van der Waals surface area contributed by atoms with Crippen LogP contribution in [-0.2, 0) is 16.1 Å². The largest absolute Gasteiger partial charge is 0.346 e. The van der Waals surface area contributed by atoms with Crippen molar-refractivity contribution in [2.45, 2.75) is 32.4 Å². The minimum Gasteiger partial charge on any atom is -0.346 e. The van der Waals surface area contributed by atoms with Crippen molar-refractivity contribution in [3.63, 3.8) is 0 Å². The number of rotatable bonds is 6. The molecule has 5 nitrogen and oxygen atoms in total. The molecule has 2 N–H and O–H groups in total. The molecule has 1 aliphatic heterocycles. The average Bonchev–Trinajstić information content (AvgIpc) is 3.35. The van der Waals surface area contributed by atoms with E-state index in [1.165, 1.54) is 24.0 Å². The summed E-state index contributed by atoms with van der Waals surface area (Å²) < 4.78 is 0. The molecule has 0 bridgehead atoms. The van der Waals surface area contributed by atoms with Gasteiger partial charge in [0.1, 0.15) is 0 Å². The molecule has 0 saturated carbocycles. The van der Waals surface area contributed by atoms with Crippen molar-refractivity contribution in [3.8, 4) is 0 Å². The molecular formula is C20H25N3O2S. The van der Waals surface area contributed by atoms with Gasteiger partial charge in [0.2, 0.25) is 0 Å². The summed E-state index contributed by atoms with van der Waals surface area (Å²) in [7, 11) is 0. The Labute approximate surface area is 158 Å². The van der Waals surface area contributed by atoms with E-state index in [4.69, 9.17) is 0 Å². The van der Waals surface area contributed by atoms with Crippen LogP contribution in [0.4, 0.5) is 0 Å². The molecular weight excluding hydrogens is 346 g/mol. The number of hydrogen-bond acceptors (Lipinski definition) is 4. The van der Waals surface area contributed by atoms with Crippen LogP contribution in [0.25, 0.3) is 0 Å². The number of amides is 2. The maximum atomic E-state index is 12.2. The number of likely N-dealkylation sites (tertiary alicyclic amines) is 1. The van der Waals surface area contributed by atoms with Gasteiger partial charge in [-0.05, 0) is 60.8 Å². The van der Waals surface area contributed by atoms with E-state index in [2.05, 4.69) is 32.4 Å². The van der Waals surface area contributed by atoms with Gasteiger partial charge in [0, 0.05) is 13.1 Å². The predicted molar refractivity (Wildman–Crippen MR) is 104 cm³/mol. The van der Waals surface area contributed by atoms with Gasteiger partial charge in [0.15, 0.2) is 0 Å². The fourth-order valence-corrected chi connectivity index (χ4v) is 3.92. The summed E-state index contributed by atoms with van der Waals surface area (Å²) >= 11 is 1.66. The molecule has 1 unspecified atom stereocenters. The minimum atomic E-state index is -0.587. The third-order valence-corrected chi connectivity index (χ3v) is 5.45. The molecule has 1 atom stereocenters. The van der Waals surface area contributed by atoms with Gasteiger partial charge in [0.05, 0.1) is 6.04 Å². The molecule has 1 fully saturated rings. The van der Waals surface area contributed by atoms with Crippen molar-refractivity contribution in [2.24, 2.45) is 0 Å². The molecule has 1 saturated heterocycles. The van der Waals surface area contributed by atoms with E-state index in [1.54, 1.807) is 11.3 Å². The lowest BCUT2D eigenvalue weighted by molar-refractivity contribution is -0.139. The minimum absolute atomic E-state index is 0.137. The molecule has 3 rings (SSSR count). The molecule has 2 amide bonds. The van der Waals surface area contributed by atoms with Crippen molar-refractivity contribution < 1.29 is 9.59 Å². The first-order valence-corrected chi connectivity index (χ1v) is 9.95. The second-order valence-corrected chi connectivity index (χ2v) is 7.47. The van der Waals surface area contributed by atoms with Gasteiger partial charge >= 0.3 is 11.8 Å². The lowest BCUT2D eigenvalue weighted by atomic mass is 10.1. The zero-order valence-electron chi connectivity index (χ0n) is 15.0. The molecule has 0 spiro atoms. The van der Waals surface area contributed by atoms with Crippen molar-refractivity contribution in [2.75, 3.05) is 19.6 Å². The van der Waals surface area contributed by atoms with Gasteiger partial charge in [-0.2, -0.15) is 11.3 Å². The van der Waals surface area contributed by atoms with Crippen molar-refractivity contribution in [1.82, 2.24) is 15.5 Å². The first kappa shape index (κ1) is 18.6. The van der Waals surface area contributed by atoms with Gasteiger partial charge in [-0.15, -0.1) is 0 Å². The summed E-state index contributed by atoms with van der Waals surface area (Å²) in [6.45, 7) is 4.90. The lowest BCUT2D eigenvalue weighted by Crippen LogP contribution is -2.43. The molecule has 1 aliphatic rings. The van der Waals surface area contributed by atoms with Crippen molar-refractivity contribution in [3.05, 3.63) is 57.8 Å². The van der Waals surface area contributed by atoms with Crippen LogP contribution in [0, 0.1) is 6.92 Å². The zero-order chi connectivity index (χ0) is 18.4. The number of nitrogens with zero attached hydrogens (tertiary/aromatic N) is 1. The van der Waals surface area contributed by atoms with E-state index < -0.39 is 11.8 Å². The van der Waals surface area contributed by atoms with Crippen LogP contribution in [0.3, 0.4) is 0 Å². The Morgan fingerprint density at radius 1 is 1.08 bits per heavy atom. The highest BCUT2D eigenvalue weighted by Crippen LogP contribution is 2.26. The number of nitrogens with one attached hydrogen (secondary N) is 2. The molecule has 26 heavy (non-hydrogen) atoms. The van der Waals surface area contributed by atoms with E-state index in [9.17, 15) is 9.59 Å². The fraction of sp³-hybridized carbons (Fsp3) is 0.400. The van der Waals surface area contributed by atoms with Gasteiger partial charge < -0.3 is 10.6 Å². The molecule has 1 aromatic carbocycles.